The summed E-state index contributed by atoms with van der Waals surface area (Å²) in [5.74, 6) is -0.389. The lowest BCUT2D eigenvalue weighted by Gasteiger charge is -2.21. The molecule has 254 valence electrons. The number of carbonyl (C=O) groups is 2. The monoisotopic (exact) mass is 680 g/mol. The molecule has 0 saturated carbocycles. The molecule has 2 aliphatic rings. The molecule has 2 aliphatic heterocycles. The molecule has 0 fully saturated rings. The largest absolute Gasteiger partial charge is 0.497 e. The van der Waals surface area contributed by atoms with Crippen molar-refractivity contribution >= 4 is 33.7 Å². The summed E-state index contributed by atoms with van der Waals surface area (Å²) in [4.78, 5) is 58.3. The van der Waals surface area contributed by atoms with E-state index in [1.165, 1.54) is 21.3 Å². The second-order valence-corrected chi connectivity index (χ2v) is 12.0. The number of aryl methyl sites for hydroxylation is 1. The molecule has 0 aliphatic carbocycles. The number of nitrogens with one attached hydrogen (secondary N) is 1. The maximum atomic E-state index is 13.9. The molecule has 11 nitrogen and oxygen atoms in total. The Morgan fingerprint density at radius 3 is 2.29 bits per heavy atom. The Hall–Kier alpha value is -6.62. The molecule has 51 heavy (non-hydrogen) atoms. The molecule has 0 spiro atoms. The van der Waals surface area contributed by atoms with Crippen LogP contribution in [0.2, 0.25) is 0 Å². The quantitative estimate of drug-likeness (QED) is 0.137. The number of aromatic nitrogens is 4. The van der Waals surface area contributed by atoms with Gasteiger partial charge in [-0.05, 0) is 59.3 Å². The lowest BCUT2D eigenvalue weighted by molar-refractivity contribution is -0.658. The number of esters is 1. The molecule has 1 amide bonds. The van der Waals surface area contributed by atoms with E-state index in [4.69, 9.17) is 9.47 Å². The fourth-order valence-corrected chi connectivity index (χ4v) is 6.60. The molecule has 2 heterocycles. The van der Waals surface area contributed by atoms with Crippen molar-refractivity contribution in [3.8, 4) is 34.1 Å². The lowest BCUT2D eigenvalue weighted by Crippen LogP contribution is -2.48. The van der Waals surface area contributed by atoms with Crippen LogP contribution in [0.25, 0.3) is 50.1 Å². The van der Waals surface area contributed by atoms with Crippen LogP contribution in [0.5, 0.6) is 5.75 Å². The van der Waals surface area contributed by atoms with Crippen LogP contribution >= 0.6 is 0 Å². The van der Waals surface area contributed by atoms with Crippen LogP contribution < -0.4 is 25.9 Å². The lowest BCUT2D eigenvalue weighted by atomic mass is 9.96. The zero-order chi connectivity index (χ0) is 35.8. The average Bonchev–Trinajstić information content (AvgIpc) is 3.17. The predicted octanol–water partition coefficient (Wildman–Crippen LogP) is 4.97. The van der Waals surface area contributed by atoms with Crippen molar-refractivity contribution < 1.29 is 23.6 Å². The van der Waals surface area contributed by atoms with Gasteiger partial charge in [-0.3, -0.25) is 18.7 Å². The van der Waals surface area contributed by atoms with E-state index < -0.39 is 29.2 Å². The minimum Gasteiger partial charge on any atom is -0.497 e. The second kappa shape index (κ2) is 13.4. The Morgan fingerprint density at radius 1 is 0.882 bits per heavy atom. The third-order valence-corrected chi connectivity index (χ3v) is 9.14. The van der Waals surface area contributed by atoms with Crippen molar-refractivity contribution in [1.82, 2.24) is 19.4 Å². The van der Waals surface area contributed by atoms with Gasteiger partial charge in [0.2, 0.25) is 11.3 Å². The summed E-state index contributed by atoms with van der Waals surface area (Å²) in [6.07, 6.45) is 0. The molecule has 5 aromatic carbocycles. The predicted molar refractivity (Wildman–Crippen MR) is 193 cm³/mol. The minimum absolute atomic E-state index is 0.190. The molecule has 0 saturated heterocycles. The number of benzene rings is 5. The van der Waals surface area contributed by atoms with E-state index in [1.54, 1.807) is 47.0 Å². The van der Waals surface area contributed by atoms with Gasteiger partial charge < -0.3 is 14.8 Å². The van der Waals surface area contributed by atoms with Crippen molar-refractivity contribution in [2.45, 2.75) is 19.5 Å². The molecule has 0 bridgehead atoms. The Labute approximate surface area is 292 Å². The first-order valence-electron chi connectivity index (χ1n) is 16.3. The van der Waals surface area contributed by atoms with Gasteiger partial charge in [-0.1, -0.05) is 72.8 Å². The van der Waals surface area contributed by atoms with E-state index in [-0.39, 0.29) is 17.1 Å². The number of amides is 1. The highest BCUT2D eigenvalue weighted by molar-refractivity contribution is 6.04. The third kappa shape index (κ3) is 5.68. The number of rotatable bonds is 8. The summed E-state index contributed by atoms with van der Waals surface area (Å²) in [6, 6.07) is 32.6. The van der Waals surface area contributed by atoms with Crippen molar-refractivity contribution in [2.24, 2.45) is 7.05 Å². The molecule has 1 atom stereocenters. The van der Waals surface area contributed by atoms with E-state index >= 15 is 0 Å². The number of carbonyl (C=O) groups excluding carboxylic acids is 2. The highest BCUT2D eigenvalue weighted by atomic mass is 16.5. The Morgan fingerprint density at radius 2 is 1.61 bits per heavy atom. The van der Waals surface area contributed by atoms with Gasteiger partial charge >= 0.3 is 22.9 Å². The molecule has 0 radical (unpaired) electrons. The second-order valence-electron chi connectivity index (χ2n) is 12.0. The van der Waals surface area contributed by atoms with Crippen LogP contribution in [-0.2, 0) is 23.1 Å². The van der Waals surface area contributed by atoms with Crippen LogP contribution in [-0.4, -0.2) is 40.2 Å². The van der Waals surface area contributed by atoms with E-state index in [9.17, 15) is 19.2 Å². The summed E-state index contributed by atoms with van der Waals surface area (Å²) in [5, 5.41) is 4.65. The van der Waals surface area contributed by atoms with Crippen molar-refractivity contribution in [1.29, 1.82) is 0 Å². The van der Waals surface area contributed by atoms with E-state index in [0.29, 0.717) is 34.6 Å². The maximum Gasteiger partial charge on any atom is 0.352 e. The summed E-state index contributed by atoms with van der Waals surface area (Å²) >= 11 is 0. The maximum absolute atomic E-state index is 13.9. The summed E-state index contributed by atoms with van der Waals surface area (Å²) in [6.45, 7) is 2.21. The van der Waals surface area contributed by atoms with Gasteiger partial charge in [0, 0.05) is 24.1 Å². The Kier molecular flexibility index (Phi) is 8.62. The molecule has 5 aromatic rings. The standard InChI is InChI=1S/C40H33N5O6/c1-5-44-32-23-27(37(46)41-34(39(48)51-4)26-17-20-28(50-3)21-18-26)19-22-30(32)45(36-35(44)38(47)43(2)40(49)42-36)31-16-10-14-25-13-9-15-29(33(25)31)24-11-7-6-8-12-24/h6-23,34H,5H2,1-4H3/p+1/t34-/m0/s1. The topological polar surface area (TPSA) is 125 Å². The molecule has 0 unspecified atom stereocenters. The van der Waals surface area contributed by atoms with Crippen molar-refractivity contribution in [2.75, 3.05) is 14.2 Å². The third-order valence-electron chi connectivity index (χ3n) is 9.14. The highest BCUT2D eigenvalue weighted by Gasteiger charge is 2.33. The van der Waals surface area contributed by atoms with E-state index in [2.05, 4.69) is 10.3 Å². The van der Waals surface area contributed by atoms with Crippen LogP contribution in [0.3, 0.4) is 0 Å². The summed E-state index contributed by atoms with van der Waals surface area (Å²) in [7, 11) is 4.19. The number of nitrogens with zero attached hydrogens (tertiary/aromatic N) is 4. The number of ether oxygens (including phenoxy) is 2. The van der Waals surface area contributed by atoms with Gasteiger partial charge in [0.1, 0.15) is 17.8 Å². The van der Waals surface area contributed by atoms with Gasteiger partial charge in [-0.15, -0.1) is 0 Å². The minimum atomic E-state index is -1.09. The number of methoxy groups -OCH3 is 2. The van der Waals surface area contributed by atoms with Gasteiger partial charge in [0.25, 0.3) is 5.91 Å². The molecule has 11 heteroatoms. The fourth-order valence-electron chi connectivity index (χ4n) is 6.60. The van der Waals surface area contributed by atoms with Gasteiger partial charge in [0.15, 0.2) is 6.04 Å². The van der Waals surface area contributed by atoms with Crippen LogP contribution in [0.1, 0.15) is 28.9 Å². The molecular weight excluding hydrogens is 646 g/mol. The number of hydrogen-bond donors (Lipinski definition) is 1. The Balaban J connectivity index is 1.49. The van der Waals surface area contributed by atoms with E-state index in [1.807, 2.05) is 78.2 Å². The molecular formula is C40H34N5O6+. The highest BCUT2D eigenvalue weighted by Crippen LogP contribution is 2.36. The van der Waals surface area contributed by atoms with Crippen LogP contribution in [0.15, 0.2) is 119 Å². The summed E-state index contributed by atoms with van der Waals surface area (Å²) in [5.41, 5.74) is 3.55. The zero-order valence-electron chi connectivity index (χ0n) is 28.4. The van der Waals surface area contributed by atoms with Gasteiger partial charge in [-0.25, -0.2) is 9.59 Å². The van der Waals surface area contributed by atoms with Gasteiger partial charge in [0.05, 0.1) is 19.9 Å². The number of hydrogen-bond acceptors (Lipinski definition) is 7. The van der Waals surface area contributed by atoms with Gasteiger partial charge in [-0.2, -0.15) is 9.55 Å². The number of fused-ring (bicyclic) bond motifs is 3. The Bertz CT molecular complexity index is 2550. The normalized spacial score (nSPS) is 11.8. The molecule has 1 N–H and O–H groups in total. The molecule has 0 aromatic heterocycles. The SMILES string of the molecule is CC[n+]1c2c(=O)n(C)c(=O)nc-2n(-c2cccc3cccc(-c4ccccc4)c23)c2ccc(C(=O)N[C@H](C(=O)OC)c3ccc(OC)cc3)cc21. The van der Waals surface area contributed by atoms with Crippen molar-refractivity contribution in [3.05, 3.63) is 141 Å². The molecule has 7 rings (SSSR count). The fraction of sp³-hybridized carbons (Fsp3) is 0.150. The first-order chi connectivity index (χ1) is 24.7. The van der Waals surface area contributed by atoms with Crippen LogP contribution in [0.4, 0.5) is 0 Å². The van der Waals surface area contributed by atoms with Crippen molar-refractivity contribution in [3.63, 3.8) is 0 Å². The van der Waals surface area contributed by atoms with E-state index in [0.717, 1.165) is 26.5 Å². The zero-order valence-corrected chi connectivity index (χ0v) is 28.4. The van der Waals surface area contributed by atoms with Crippen LogP contribution in [0, 0.1) is 0 Å². The first kappa shape index (κ1) is 32.9. The summed E-state index contributed by atoms with van der Waals surface area (Å²) < 4.78 is 14.8. The smallest absolute Gasteiger partial charge is 0.352 e. The average molecular weight is 681 g/mol. The first-order valence-corrected chi connectivity index (χ1v) is 16.3.